The van der Waals surface area contributed by atoms with Crippen LogP contribution in [0.2, 0.25) is 0 Å². The topological polar surface area (TPSA) is 41.9 Å². The lowest BCUT2D eigenvalue weighted by molar-refractivity contribution is 0.0316. The Balaban J connectivity index is 1.55. The van der Waals surface area contributed by atoms with E-state index in [1.54, 1.807) is 0 Å². The zero-order chi connectivity index (χ0) is 18.4. The molecular formula is C21H29NO3S. The molecule has 0 unspecified atom stereocenters. The molecule has 3 rings (SSSR count). The van der Waals surface area contributed by atoms with Crippen LogP contribution in [0.1, 0.15) is 28.2 Å². The third-order valence-electron chi connectivity index (χ3n) is 4.66. The van der Waals surface area contributed by atoms with Crippen LogP contribution in [0.25, 0.3) is 0 Å². The number of rotatable bonds is 9. The summed E-state index contributed by atoms with van der Waals surface area (Å²) in [6.45, 7) is 7.60. The third-order valence-corrected chi connectivity index (χ3v) is 5.64. The maximum atomic E-state index is 10.5. The van der Waals surface area contributed by atoms with Crippen molar-refractivity contribution in [3.8, 4) is 5.75 Å². The summed E-state index contributed by atoms with van der Waals surface area (Å²) < 4.78 is 11.6. The summed E-state index contributed by atoms with van der Waals surface area (Å²) in [4.78, 5) is 4.95. The predicted molar refractivity (Wildman–Crippen MR) is 106 cm³/mol. The molecule has 1 aromatic carbocycles. The Kier molecular flexibility index (Phi) is 7.08. The van der Waals surface area contributed by atoms with Crippen molar-refractivity contribution in [3.05, 3.63) is 51.7 Å². The number of hydrogen-bond acceptors (Lipinski definition) is 5. The number of thiophene rings is 1. The van der Waals surface area contributed by atoms with Gasteiger partial charge in [0.2, 0.25) is 0 Å². The molecule has 1 aliphatic heterocycles. The minimum absolute atomic E-state index is 0.278. The quantitative estimate of drug-likeness (QED) is 0.724. The van der Waals surface area contributed by atoms with Gasteiger partial charge in [0.1, 0.15) is 18.5 Å². The molecule has 0 aliphatic carbocycles. The van der Waals surface area contributed by atoms with Crippen molar-refractivity contribution in [1.29, 1.82) is 0 Å². The molecule has 0 amide bonds. The molecule has 1 fully saturated rings. The first kappa shape index (κ1) is 19.4. The van der Waals surface area contributed by atoms with Crippen LogP contribution in [0, 0.1) is 13.8 Å². The fourth-order valence-corrected chi connectivity index (χ4v) is 4.26. The van der Waals surface area contributed by atoms with Gasteiger partial charge in [0.25, 0.3) is 0 Å². The lowest BCUT2D eigenvalue weighted by Gasteiger charge is -2.27. The highest BCUT2D eigenvalue weighted by molar-refractivity contribution is 7.11. The van der Waals surface area contributed by atoms with Gasteiger partial charge in [-0.1, -0.05) is 18.2 Å². The summed E-state index contributed by atoms with van der Waals surface area (Å²) in [7, 11) is 0. The summed E-state index contributed by atoms with van der Waals surface area (Å²) in [6.07, 6.45) is 1.99. The Labute approximate surface area is 160 Å². The summed E-state index contributed by atoms with van der Waals surface area (Å²) >= 11 is 1.82. The average molecular weight is 376 g/mol. The van der Waals surface area contributed by atoms with Gasteiger partial charge in [-0.2, -0.15) is 0 Å². The Morgan fingerprint density at radius 3 is 2.81 bits per heavy atom. The van der Waals surface area contributed by atoms with E-state index in [0.29, 0.717) is 13.2 Å². The normalized spacial score (nSPS) is 18.4. The zero-order valence-corrected chi connectivity index (χ0v) is 16.5. The first-order valence-corrected chi connectivity index (χ1v) is 10.2. The lowest BCUT2D eigenvalue weighted by atomic mass is 10.2. The van der Waals surface area contributed by atoms with E-state index in [4.69, 9.17) is 9.47 Å². The largest absolute Gasteiger partial charge is 0.491 e. The van der Waals surface area contributed by atoms with E-state index < -0.39 is 6.10 Å². The molecule has 5 heteroatoms. The number of hydrogen-bond donors (Lipinski definition) is 1. The van der Waals surface area contributed by atoms with Crippen LogP contribution in [0.3, 0.4) is 0 Å². The first-order valence-electron chi connectivity index (χ1n) is 9.36. The van der Waals surface area contributed by atoms with E-state index >= 15 is 0 Å². The van der Waals surface area contributed by atoms with Gasteiger partial charge >= 0.3 is 0 Å². The smallest absolute Gasteiger partial charge is 0.122 e. The van der Waals surface area contributed by atoms with Gasteiger partial charge in [0.15, 0.2) is 0 Å². The highest BCUT2D eigenvalue weighted by atomic mass is 32.1. The van der Waals surface area contributed by atoms with Crippen LogP contribution in [0.4, 0.5) is 0 Å². The van der Waals surface area contributed by atoms with Crippen LogP contribution < -0.4 is 4.74 Å². The molecule has 142 valence electrons. The molecule has 2 aromatic rings. The number of aliphatic hydroxyl groups excluding tert-OH is 1. The number of benzene rings is 1. The summed E-state index contributed by atoms with van der Waals surface area (Å²) in [5.74, 6) is 0.839. The molecule has 4 nitrogen and oxygen atoms in total. The molecule has 1 saturated heterocycles. The fraction of sp³-hybridized carbons (Fsp3) is 0.524. The monoisotopic (exact) mass is 375 g/mol. The number of aryl methyl sites for hydroxylation is 2. The molecule has 2 atom stereocenters. The van der Waals surface area contributed by atoms with Crippen molar-refractivity contribution in [1.82, 2.24) is 4.90 Å². The van der Waals surface area contributed by atoms with Gasteiger partial charge in [0.05, 0.1) is 6.10 Å². The summed E-state index contributed by atoms with van der Waals surface area (Å²) in [5.41, 5.74) is 1.09. The van der Waals surface area contributed by atoms with Gasteiger partial charge in [-0.3, -0.25) is 4.90 Å². The molecule has 0 spiro atoms. The molecule has 0 radical (unpaired) electrons. The summed E-state index contributed by atoms with van der Waals surface area (Å²) in [5, 5.41) is 10.5. The minimum atomic E-state index is -0.530. The predicted octanol–water partition coefficient (Wildman–Crippen LogP) is 3.79. The van der Waals surface area contributed by atoms with Crippen molar-refractivity contribution in [2.24, 2.45) is 0 Å². The first-order chi connectivity index (χ1) is 12.6. The molecule has 1 aliphatic rings. The second-order valence-corrected chi connectivity index (χ2v) is 8.44. The van der Waals surface area contributed by atoms with E-state index in [1.807, 2.05) is 42.5 Å². The van der Waals surface area contributed by atoms with Crippen molar-refractivity contribution in [2.45, 2.75) is 45.4 Å². The van der Waals surface area contributed by atoms with Crippen molar-refractivity contribution < 1.29 is 14.6 Å². The van der Waals surface area contributed by atoms with Crippen molar-refractivity contribution in [2.75, 3.05) is 26.3 Å². The zero-order valence-electron chi connectivity index (χ0n) is 15.7. The summed E-state index contributed by atoms with van der Waals surface area (Å²) in [6, 6.07) is 12.2. The Hall–Kier alpha value is -1.40. The van der Waals surface area contributed by atoms with E-state index in [9.17, 15) is 5.11 Å². The average Bonchev–Trinajstić information content (AvgIpc) is 3.26. The molecule has 1 aromatic heterocycles. The van der Waals surface area contributed by atoms with Crippen LogP contribution in [0.5, 0.6) is 5.75 Å². The Morgan fingerprint density at radius 1 is 1.27 bits per heavy atom. The molecule has 2 heterocycles. The number of para-hydroxylation sites is 1. The van der Waals surface area contributed by atoms with Gasteiger partial charge < -0.3 is 14.6 Å². The van der Waals surface area contributed by atoms with Crippen LogP contribution in [-0.2, 0) is 11.3 Å². The maximum absolute atomic E-state index is 10.5. The van der Waals surface area contributed by atoms with Crippen molar-refractivity contribution >= 4 is 11.3 Å². The van der Waals surface area contributed by atoms with Crippen molar-refractivity contribution in [3.63, 3.8) is 0 Å². The minimum Gasteiger partial charge on any atom is -0.491 e. The molecular weight excluding hydrogens is 346 g/mol. The Morgan fingerprint density at radius 2 is 2.12 bits per heavy atom. The van der Waals surface area contributed by atoms with E-state index in [1.165, 1.54) is 9.75 Å². The molecule has 1 N–H and O–H groups in total. The second kappa shape index (κ2) is 9.51. The maximum Gasteiger partial charge on any atom is 0.122 e. The van der Waals surface area contributed by atoms with E-state index in [2.05, 4.69) is 24.0 Å². The van der Waals surface area contributed by atoms with E-state index in [0.717, 1.165) is 43.9 Å². The highest BCUT2D eigenvalue weighted by Crippen LogP contribution is 2.20. The number of ether oxygens (including phenoxy) is 2. The standard InChI is InChI=1S/C21H29NO3S/c1-16-6-3-4-8-21(16)25-15-18(23)12-22(13-19-7-5-11-24-19)14-20-10-9-17(2)26-20/h3-4,6,8-10,18-19,23H,5,7,11-15H2,1-2H3/t18-,19+/m1/s1. The van der Waals surface area contributed by atoms with Gasteiger partial charge in [-0.15, -0.1) is 11.3 Å². The molecule has 0 bridgehead atoms. The van der Waals surface area contributed by atoms with Gasteiger partial charge in [0, 0.05) is 36.0 Å². The van der Waals surface area contributed by atoms with E-state index in [-0.39, 0.29) is 6.10 Å². The fourth-order valence-electron chi connectivity index (χ4n) is 3.33. The SMILES string of the molecule is Cc1ccc(CN(C[C@@H](O)COc2ccccc2C)C[C@@H]2CCCO2)s1. The Bertz CT molecular complexity index is 681. The van der Waals surface area contributed by atoms with Crippen LogP contribution in [-0.4, -0.2) is 48.5 Å². The number of nitrogens with zero attached hydrogens (tertiary/aromatic N) is 1. The molecule has 0 saturated carbocycles. The lowest BCUT2D eigenvalue weighted by Crippen LogP contribution is -2.39. The second-order valence-electron chi connectivity index (χ2n) is 7.07. The van der Waals surface area contributed by atoms with Crippen LogP contribution >= 0.6 is 11.3 Å². The third kappa shape index (κ3) is 5.81. The number of aliphatic hydroxyl groups is 1. The van der Waals surface area contributed by atoms with Crippen LogP contribution in [0.15, 0.2) is 36.4 Å². The molecule has 26 heavy (non-hydrogen) atoms. The highest BCUT2D eigenvalue weighted by Gasteiger charge is 2.22. The van der Waals surface area contributed by atoms with Gasteiger partial charge in [-0.05, 0) is 50.5 Å². The van der Waals surface area contributed by atoms with Gasteiger partial charge in [-0.25, -0.2) is 0 Å².